The van der Waals surface area contributed by atoms with Gasteiger partial charge in [-0.15, -0.1) is 0 Å². The van der Waals surface area contributed by atoms with Gasteiger partial charge in [-0.2, -0.15) is 0 Å². The lowest BCUT2D eigenvalue weighted by Crippen LogP contribution is -2.44. The van der Waals surface area contributed by atoms with E-state index in [1.165, 1.54) is 12.1 Å². The van der Waals surface area contributed by atoms with Gasteiger partial charge in [0.05, 0.1) is 5.92 Å². The topological polar surface area (TPSA) is 75.4 Å². The summed E-state index contributed by atoms with van der Waals surface area (Å²) < 4.78 is 13.7. The van der Waals surface area contributed by atoms with Gasteiger partial charge < -0.3 is 16.0 Å². The largest absolute Gasteiger partial charge is 0.398 e. The van der Waals surface area contributed by atoms with E-state index in [-0.39, 0.29) is 29.0 Å². The molecule has 1 aliphatic heterocycles. The Morgan fingerprint density at radius 2 is 2.14 bits per heavy atom. The summed E-state index contributed by atoms with van der Waals surface area (Å²) in [5, 5.41) is 2.60. The number of piperidine rings is 1. The van der Waals surface area contributed by atoms with Crippen LogP contribution in [0.25, 0.3) is 0 Å². The number of benzene rings is 1. The number of amides is 2. The predicted octanol–water partition coefficient (Wildman–Crippen LogP) is 1.31. The highest BCUT2D eigenvalue weighted by Crippen LogP contribution is 2.22. The van der Waals surface area contributed by atoms with Crippen LogP contribution < -0.4 is 11.1 Å². The second-order valence-electron chi connectivity index (χ2n) is 5.38. The van der Waals surface area contributed by atoms with Crippen LogP contribution in [0.5, 0.6) is 0 Å². The fraction of sp³-hybridized carbons (Fsp3) is 0.467. The van der Waals surface area contributed by atoms with Crippen LogP contribution in [-0.4, -0.2) is 36.9 Å². The molecule has 1 fully saturated rings. The van der Waals surface area contributed by atoms with Crippen LogP contribution in [0.1, 0.15) is 28.8 Å². The van der Waals surface area contributed by atoms with Crippen molar-refractivity contribution >= 4 is 17.5 Å². The van der Waals surface area contributed by atoms with Crippen LogP contribution in [0, 0.1) is 18.7 Å². The first-order valence-electron chi connectivity index (χ1n) is 7.00. The molecular weight excluding hydrogens is 273 g/mol. The predicted molar refractivity (Wildman–Crippen MR) is 78.2 cm³/mol. The molecule has 1 aliphatic rings. The molecule has 0 radical (unpaired) electrons. The quantitative estimate of drug-likeness (QED) is 0.807. The summed E-state index contributed by atoms with van der Waals surface area (Å²) in [6, 6.07) is 2.70. The highest BCUT2D eigenvalue weighted by atomic mass is 19.1. The molecule has 0 aromatic heterocycles. The standard InChI is InChI=1S/C15H20FN3O2/c1-9-12(16)6-11(7-13(9)17)15(21)19-5-3-4-10(8-19)14(20)18-2/h6-7,10H,3-5,8,17H2,1-2H3,(H,18,20). The van der Waals surface area contributed by atoms with E-state index < -0.39 is 5.82 Å². The van der Waals surface area contributed by atoms with Crippen molar-refractivity contribution in [1.29, 1.82) is 0 Å². The van der Waals surface area contributed by atoms with Crippen molar-refractivity contribution in [3.63, 3.8) is 0 Å². The number of halogens is 1. The fourth-order valence-corrected chi connectivity index (χ4v) is 2.59. The second kappa shape index (κ2) is 6.11. The van der Waals surface area contributed by atoms with Gasteiger partial charge in [-0.1, -0.05) is 0 Å². The lowest BCUT2D eigenvalue weighted by molar-refractivity contribution is -0.125. The Hall–Kier alpha value is -2.11. The summed E-state index contributed by atoms with van der Waals surface area (Å²) in [5.74, 6) is -1.05. The Balaban J connectivity index is 2.18. The number of anilines is 1. The summed E-state index contributed by atoms with van der Waals surface area (Å²) in [5.41, 5.74) is 6.54. The van der Waals surface area contributed by atoms with Crippen LogP contribution in [0.15, 0.2) is 12.1 Å². The minimum Gasteiger partial charge on any atom is -0.398 e. The average Bonchev–Trinajstić information content (AvgIpc) is 2.50. The highest BCUT2D eigenvalue weighted by molar-refractivity contribution is 5.95. The molecule has 1 aromatic carbocycles. The zero-order valence-corrected chi connectivity index (χ0v) is 12.3. The van der Waals surface area contributed by atoms with E-state index in [1.807, 2.05) is 0 Å². The third kappa shape index (κ3) is 3.15. The minimum absolute atomic E-state index is 0.0675. The Morgan fingerprint density at radius 1 is 1.43 bits per heavy atom. The highest BCUT2D eigenvalue weighted by Gasteiger charge is 2.28. The molecule has 3 N–H and O–H groups in total. The van der Waals surface area contributed by atoms with E-state index in [4.69, 9.17) is 5.73 Å². The first-order valence-corrected chi connectivity index (χ1v) is 7.00. The SMILES string of the molecule is CNC(=O)C1CCCN(C(=O)c2cc(N)c(C)c(F)c2)C1. The average molecular weight is 293 g/mol. The molecular formula is C15H20FN3O2. The summed E-state index contributed by atoms with van der Waals surface area (Å²) in [4.78, 5) is 25.7. The van der Waals surface area contributed by atoms with Crippen LogP contribution in [0.4, 0.5) is 10.1 Å². The molecule has 1 heterocycles. The van der Waals surface area contributed by atoms with E-state index in [0.717, 1.165) is 12.8 Å². The van der Waals surface area contributed by atoms with Gasteiger partial charge in [0, 0.05) is 37.0 Å². The summed E-state index contributed by atoms with van der Waals surface area (Å²) in [6.07, 6.45) is 1.52. The maximum atomic E-state index is 13.7. The van der Waals surface area contributed by atoms with Crippen molar-refractivity contribution < 1.29 is 14.0 Å². The number of rotatable bonds is 2. The zero-order valence-electron chi connectivity index (χ0n) is 12.3. The van der Waals surface area contributed by atoms with Crippen molar-refractivity contribution in [1.82, 2.24) is 10.2 Å². The summed E-state index contributed by atoms with van der Waals surface area (Å²) in [7, 11) is 1.58. The smallest absolute Gasteiger partial charge is 0.254 e. The van der Waals surface area contributed by atoms with E-state index in [2.05, 4.69) is 5.32 Å². The fourth-order valence-electron chi connectivity index (χ4n) is 2.59. The van der Waals surface area contributed by atoms with E-state index in [0.29, 0.717) is 18.7 Å². The number of nitrogen functional groups attached to an aromatic ring is 1. The van der Waals surface area contributed by atoms with Crippen LogP contribution in [-0.2, 0) is 4.79 Å². The molecule has 2 rings (SSSR count). The first-order chi connectivity index (χ1) is 9.93. The molecule has 0 bridgehead atoms. The molecule has 1 aromatic rings. The molecule has 0 saturated carbocycles. The molecule has 1 unspecified atom stereocenters. The number of carbonyl (C=O) groups is 2. The number of nitrogens with one attached hydrogen (secondary N) is 1. The minimum atomic E-state index is -0.488. The van der Waals surface area contributed by atoms with E-state index in [1.54, 1.807) is 18.9 Å². The van der Waals surface area contributed by atoms with Gasteiger partial charge in [0.1, 0.15) is 5.82 Å². The molecule has 0 aliphatic carbocycles. The first kappa shape index (κ1) is 15.3. The molecule has 21 heavy (non-hydrogen) atoms. The number of hydrogen-bond acceptors (Lipinski definition) is 3. The van der Waals surface area contributed by atoms with Crippen molar-refractivity contribution in [3.05, 3.63) is 29.1 Å². The Bertz CT molecular complexity index is 551. The monoisotopic (exact) mass is 293 g/mol. The molecule has 114 valence electrons. The lowest BCUT2D eigenvalue weighted by atomic mass is 9.96. The van der Waals surface area contributed by atoms with Crippen LogP contribution in [0.2, 0.25) is 0 Å². The summed E-state index contributed by atoms with van der Waals surface area (Å²) >= 11 is 0. The molecule has 2 amide bonds. The molecule has 5 nitrogen and oxygen atoms in total. The van der Waals surface area contributed by atoms with Crippen molar-refractivity contribution in [2.24, 2.45) is 5.92 Å². The third-order valence-corrected chi connectivity index (χ3v) is 3.96. The van der Waals surface area contributed by atoms with Gasteiger partial charge >= 0.3 is 0 Å². The molecule has 1 saturated heterocycles. The van der Waals surface area contributed by atoms with Crippen molar-refractivity contribution in [2.75, 3.05) is 25.9 Å². The molecule has 0 spiro atoms. The van der Waals surface area contributed by atoms with Gasteiger partial charge in [0.25, 0.3) is 5.91 Å². The van der Waals surface area contributed by atoms with Gasteiger partial charge in [0.15, 0.2) is 0 Å². The van der Waals surface area contributed by atoms with E-state index in [9.17, 15) is 14.0 Å². The van der Waals surface area contributed by atoms with Crippen molar-refractivity contribution in [3.8, 4) is 0 Å². The van der Waals surface area contributed by atoms with Crippen molar-refractivity contribution in [2.45, 2.75) is 19.8 Å². The number of carbonyl (C=O) groups excluding carboxylic acids is 2. The number of likely N-dealkylation sites (tertiary alicyclic amines) is 1. The number of nitrogens with zero attached hydrogens (tertiary/aromatic N) is 1. The number of hydrogen-bond donors (Lipinski definition) is 2. The maximum absolute atomic E-state index is 13.7. The van der Waals surface area contributed by atoms with Crippen LogP contribution in [0.3, 0.4) is 0 Å². The Labute approximate surface area is 123 Å². The van der Waals surface area contributed by atoms with Gasteiger partial charge in [-0.3, -0.25) is 9.59 Å². The van der Waals surface area contributed by atoms with Gasteiger partial charge in [-0.05, 0) is 31.9 Å². The summed E-state index contributed by atoms with van der Waals surface area (Å²) in [6.45, 7) is 2.50. The Morgan fingerprint density at radius 3 is 2.76 bits per heavy atom. The molecule has 1 atom stereocenters. The van der Waals surface area contributed by atoms with Crippen LogP contribution >= 0.6 is 0 Å². The second-order valence-corrected chi connectivity index (χ2v) is 5.38. The number of nitrogens with two attached hydrogens (primary N) is 1. The maximum Gasteiger partial charge on any atom is 0.254 e. The lowest BCUT2D eigenvalue weighted by Gasteiger charge is -2.32. The molecule has 6 heteroatoms. The van der Waals surface area contributed by atoms with Gasteiger partial charge in [0.2, 0.25) is 5.91 Å². The van der Waals surface area contributed by atoms with E-state index >= 15 is 0 Å². The third-order valence-electron chi connectivity index (χ3n) is 3.96. The van der Waals surface area contributed by atoms with Gasteiger partial charge in [-0.25, -0.2) is 4.39 Å². The zero-order chi connectivity index (χ0) is 15.6. The Kier molecular flexibility index (Phi) is 4.45. The normalized spacial score (nSPS) is 18.4.